The van der Waals surface area contributed by atoms with Gasteiger partial charge in [0, 0.05) is 20.4 Å². The second kappa shape index (κ2) is 5.53. The molecule has 1 heterocycles. The molecular formula is C13H14OS2. The van der Waals surface area contributed by atoms with Crippen molar-refractivity contribution in [1.82, 2.24) is 0 Å². The van der Waals surface area contributed by atoms with Crippen LogP contribution in [0.1, 0.15) is 15.9 Å². The van der Waals surface area contributed by atoms with Crippen molar-refractivity contribution >= 4 is 23.1 Å². The van der Waals surface area contributed by atoms with Gasteiger partial charge in [0.15, 0.2) is 0 Å². The fourth-order valence-corrected chi connectivity index (χ4v) is 3.25. The van der Waals surface area contributed by atoms with E-state index in [0.717, 1.165) is 4.88 Å². The lowest BCUT2D eigenvalue weighted by Crippen LogP contribution is -1.97. The van der Waals surface area contributed by atoms with Crippen LogP contribution in [0, 0.1) is 6.92 Å². The number of hydrogen-bond donors (Lipinski definition) is 1. The number of thiophene rings is 1. The van der Waals surface area contributed by atoms with E-state index in [2.05, 4.69) is 25.1 Å². The summed E-state index contributed by atoms with van der Waals surface area (Å²) in [6.07, 6.45) is -0.357. The van der Waals surface area contributed by atoms with E-state index in [0.29, 0.717) is 5.75 Å². The highest BCUT2D eigenvalue weighted by molar-refractivity contribution is 7.99. The molecule has 0 radical (unpaired) electrons. The Bertz CT molecular complexity index is 436. The third-order valence-electron chi connectivity index (χ3n) is 2.24. The first-order valence-electron chi connectivity index (χ1n) is 5.18. The Morgan fingerprint density at radius 1 is 1.19 bits per heavy atom. The van der Waals surface area contributed by atoms with Crippen molar-refractivity contribution in [2.75, 3.05) is 5.75 Å². The van der Waals surface area contributed by atoms with Crippen LogP contribution in [0.2, 0.25) is 0 Å². The van der Waals surface area contributed by atoms with Crippen molar-refractivity contribution in [3.05, 3.63) is 52.2 Å². The van der Waals surface area contributed by atoms with Crippen LogP contribution in [-0.4, -0.2) is 10.9 Å². The number of hydrogen-bond acceptors (Lipinski definition) is 3. The number of thioether (sulfide) groups is 1. The second-order valence-corrected chi connectivity index (χ2v) is 6.00. The highest BCUT2D eigenvalue weighted by Gasteiger charge is 2.09. The molecule has 1 nitrogen and oxygen atoms in total. The van der Waals surface area contributed by atoms with Gasteiger partial charge in [-0.3, -0.25) is 0 Å². The minimum Gasteiger partial charge on any atom is -0.387 e. The molecule has 1 unspecified atom stereocenters. The average Bonchev–Trinajstić information content (AvgIpc) is 2.74. The Morgan fingerprint density at radius 3 is 2.56 bits per heavy atom. The molecule has 2 aromatic rings. The molecule has 0 saturated heterocycles. The summed E-state index contributed by atoms with van der Waals surface area (Å²) in [7, 11) is 0. The van der Waals surface area contributed by atoms with Gasteiger partial charge in [0.25, 0.3) is 0 Å². The van der Waals surface area contributed by atoms with Gasteiger partial charge in [0.2, 0.25) is 0 Å². The zero-order valence-corrected chi connectivity index (χ0v) is 10.7. The molecule has 0 spiro atoms. The molecule has 0 amide bonds. The number of benzene rings is 1. The first-order chi connectivity index (χ1) is 7.75. The maximum atomic E-state index is 9.98. The van der Waals surface area contributed by atoms with E-state index in [1.165, 1.54) is 9.77 Å². The molecule has 84 valence electrons. The second-order valence-electron chi connectivity index (χ2n) is 3.59. The normalized spacial score (nSPS) is 12.6. The lowest BCUT2D eigenvalue weighted by atomic mass is 10.3. The highest BCUT2D eigenvalue weighted by Crippen LogP contribution is 2.28. The Morgan fingerprint density at radius 2 is 1.94 bits per heavy atom. The average molecular weight is 250 g/mol. The van der Waals surface area contributed by atoms with Crippen molar-refractivity contribution in [2.24, 2.45) is 0 Å². The van der Waals surface area contributed by atoms with Crippen molar-refractivity contribution in [1.29, 1.82) is 0 Å². The van der Waals surface area contributed by atoms with E-state index in [1.807, 2.05) is 24.3 Å². The maximum absolute atomic E-state index is 9.98. The van der Waals surface area contributed by atoms with Crippen LogP contribution in [0.4, 0.5) is 0 Å². The topological polar surface area (TPSA) is 20.2 Å². The zero-order valence-electron chi connectivity index (χ0n) is 9.09. The van der Waals surface area contributed by atoms with E-state index in [9.17, 15) is 5.11 Å². The molecule has 1 aromatic carbocycles. The minimum absolute atomic E-state index is 0.357. The predicted molar refractivity (Wildman–Crippen MR) is 71.2 cm³/mol. The summed E-state index contributed by atoms with van der Waals surface area (Å²) >= 11 is 3.36. The van der Waals surface area contributed by atoms with Gasteiger partial charge < -0.3 is 5.11 Å². The van der Waals surface area contributed by atoms with Gasteiger partial charge in [0.05, 0.1) is 6.10 Å². The Balaban J connectivity index is 1.91. The maximum Gasteiger partial charge on any atom is 0.0975 e. The van der Waals surface area contributed by atoms with E-state index < -0.39 is 0 Å². The molecule has 0 aliphatic heterocycles. The van der Waals surface area contributed by atoms with Crippen LogP contribution >= 0.6 is 23.1 Å². The van der Waals surface area contributed by atoms with E-state index in [4.69, 9.17) is 0 Å². The summed E-state index contributed by atoms with van der Waals surface area (Å²) in [5.74, 6) is 0.712. The standard InChI is InChI=1S/C13H14OS2/c1-10-7-8-13(16-10)12(14)9-15-11-5-3-2-4-6-11/h2-8,12,14H,9H2,1H3. The van der Waals surface area contributed by atoms with Gasteiger partial charge in [-0.2, -0.15) is 0 Å². The number of aliphatic hydroxyl groups excluding tert-OH is 1. The van der Waals surface area contributed by atoms with Gasteiger partial charge in [-0.1, -0.05) is 18.2 Å². The molecule has 2 rings (SSSR count). The summed E-state index contributed by atoms with van der Waals surface area (Å²) in [6.45, 7) is 2.06. The number of aliphatic hydroxyl groups is 1. The first-order valence-corrected chi connectivity index (χ1v) is 6.98. The fraction of sp³-hybridized carbons (Fsp3) is 0.231. The Kier molecular flexibility index (Phi) is 4.04. The monoisotopic (exact) mass is 250 g/mol. The lowest BCUT2D eigenvalue weighted by Gasteiger charge is -2.07. The minimum atomic E-state index is -0.357. The summed E-state index contributed by atoms with van der Waals surface area (Å²) in [5, 5.41) is 9.98. The number of rotatable bonds is 4. The van der Waals surface area contributed by atoms with Gasteiger partial charge >= 0.3 is 0 Å². The van der Waals surface area contributed by atoms with E-state index in [1.54, 1.807) is 23.1 Å². The van der Waals surface area contributed by atoms with Crippen LogP contribution in [0.5, 0.6) is 0 Å². The van der Waals surface area contributed by atoms with Crippen LogP contribution in [0.15, 0.2) is 47.4 Å². The molecule has 0 bridgehead atoms. The Labute approximate surface area is 104 Å². The van der Waals surface area contributed by atoms with Crippen molar-refractivity contribution in [3.63, 3.8) is 0 Å². The van der Waals surface area contributed by atoms with Crippen molar-refractivity contribution in [2.45, 2.75) is 17.9 Å². The van der Waals surface area contributed by atoms with E-state index >= 15 is 0 Å². The molecule has 0 saturated carbocycles. The molecule has 0 fully saturated rings. The molecule has 16 heavy (non-hydrogen) atoms. The third kappa shape index (κ3) is 3.11. The molecule has 1 N–H and O–H groups in total. The number of aryl methyl sites for hydroxylation is 1. The van der Waals surface area contributed by atoms with Crippen molar-refractivity contribution in [3.8, 4) is 0 Å². The van der Waals surface area contributed by atoms with Crippen molar-refractivity contribution < 1.29 is 5.11 Å². The quantitative estimate of drug-likeness (QED) is 0.831. The zero-order chi connectivity index (χ0) is 11.4. The van der Waals surface area contributed by atoms with Gasteiger partial charge in [-0.25, -0.2) is 0 Å². The molecule has 1 atom stereocenters. The van der Waals surface area contributed by atoms with Crippen LogP contribution < -0.4 is 0 Å². The SMILES string of the molecule is Cc1ccc(C(O)CSc2ccccc2)s1. The summed E-state index contributed by atoms with van der Waals surface area (Å²) < 4.78 is 0. The van der Waals surface area contributed by atoms with Crippen LogP contribution in [0.25, 0.3) is 0 Å². The molecule has 3 heteroatoms. The van der Waals surface area contributed by atoms with Gasteiger partial charge in [-0.05, 0) is 31.2 Å². The first kappa shape index (κ1) is 11.7. The molecule has 0 aliphatic rings. The third-order valence-corrected chi connectivity index (χ3v) is 4.43. The largest absolute Gasteiger partial charge is 0.387 e. The van der Waals surface area contributed by atoms with Gasteiger partial charge in [0.1, 0.15) is 0 Å². The molecule has 1 aromatic heterocycles. The highest BCUT2D eigenvalue weighted by atomic mass is 32.2. The predicted octanol–water partition coefficient (Wildman–Crippen LogP) is 3.88. The van der Waals surface area contributed by atoms with Gasteiger partial charge in [-0.15, -0.1) is 23.1 Å². The molecule has 0 aliphatic carbocycles. The fourth-order valence-electron chi connectivity index (χ4n) is 1.41. The van der Waals surface area contributed by atoms with Crippen LogP contribution in [-0.2, 0) is 0 Å². The van der Waals surface area contributed by atoms with E-state index in [-0.39, 0.29) is 6.10 Å². The summed E-state index contributed by atoms with van der Waals surface area (Å²) in [4.78, 5) is 3.51. The summed E-state index contributed by atoms with van der Waals surface area (Å²) in [5.41, 5.74) is 0. The smallest absolute Gasteiger partial charge is 0.0975 e. The lowest BCUT2D eigenvalue weighted by molar-refractivity contribution is 0.208. The molecular weight excluding hydrogens is 236 g/mol. The summed E-state index contributed by atoms with van der Waals surface area (Å²) in [6, 6.07) is 14.2. The van der Waals surface area contributed by atoms with Crippen LogP contribution in [0.3, 0.4) is 0 Å². The Hall–Kier alpha value is -0.770.